The highest BCUT2D eigenvalue weighted by atomic mass is 16.4. The van der Waals surface area contributed by atoms with Crippen LogP contribution in [-0.2, 0) is 14.4 Å². The van der Waals surface area contributed by atoms with E-state index in [9.17, 15) is 29.7 Å². The van der Waals surface area contributed by atoms with Crippen LogP contribution in [0.4, 0.5) is 0 Å². The molecular weight excluding hydrogens is 376 g/mol. The highest BCUT2D eigenvalue weighted by Crippen LogP contribution is 2.67. The minimum atomic E-state index is -2.28. The average molecular weight is 404 g/mol. The lowest BCUT2D eigenvalue weighted by Crippen LogP contribution is -2.63. The summed E-state index contributed by atoms with van der Waals surface area (Å²) in [5, 5.41) is 41.4. The lowest BCUT2D eigenvalue weighted by atomic mass is 9.46. The van der Waals surface area contributed by atoms with E-state index in [1.54, 1.807) is 19.1 Å². The lowest BCUT2D eigenvalue weighted by Gasteiger charge is -2.59. The van der Waals surface area contributed by atoms with Crippen LogP contribution in [0.25, 0.3) is 0 Å². The fourth-order valence-electron chi connectivity index (χ4n) is 7.07. The van der Waals surface area contributed by atoms with Gasteiger partial charge in [-0.3, -0.25) is 9.59 Å². The molecule has 0 aliphatic heterocycles. The second-order valence-electron chi connectivity index (χ2n) is 9.72. The van der Waals surface area contributed by atoms with Crippen molar-refractivity contribution in [2.75, 3.05) is 0 Å². The quantitative estimate of drug-likeness (QED) is 0.516. The highest BCUT2D eigenvalue weighted by Gasteiger charge is 2.69. The molecule has 8 unspecified atom stereocenters. The van der Waals surface area contributed by atoms with E-state index in [1.165, 1.54) is 0 Å². The first kappa shape index (κ1) is 20.4. The van der Waals surface area contributed by atoms with Crippen molar-refractivity contribution >= 4 is 17.5 Å². The first-order valence-electron chi connectivity index (χ1n) is 10.3. The predicted octanol–water partition coefficient (Wildman–Crippen LogP) is 1.01. The molecule has 4 N–H and O–H groups in total. The van der Waals surface area contributed by atoms with Gasteiger partial charge in [0.2, 0.25) is 11.9 Å². The predicted molar refractivity (Wildman–Crippen MR) is 102 cm³/mol. The Morgan fingerprint density at radius 2 is 1.93 bits per heavy atom. The monoisotopic (exact) mass is 404 g/mol. The zero-order chi connectivity index (χ0) is 21.4. The Hall–Kier alpha value is -1.83. The van der Waals surface area contributed by atoms with Crippen LogP contribution in [0.3, 0.4) is 0 Å². The summed E-state index contributed by atoms with van der Waals surface area (Å²) in [4.78, 5) is 35.7. The Kier molecular flexibility index (Phi) is 4.46. The van der Waals surface area contributed by atoms with E-state index in [1.807, 2.05) is 13.0 Å². The molecule has 3 saturated carbocycles. The van der Waals surface area contributed by atoms with Crippen molar-refractivity contribution in [3.05, 3.63) is 23.8 Å². The standard InChI is InChI=1S/C22H28O7/c1-20-7-5-12(23)9-11(20)3-4-13-14-6-8-22(29,18(26)17(25)19(27)28)21(14,2)10-15(24)16(13)20/h5,7,9,13-17,24-25,29H,3-4,6,8,10H2,1-2H3,(H,27,28). The number of carbonyl (C=O) groups is 3. The Balaban J connectivity index is 1.72. The van der Waals surface area contributed by atoms with Crippen molar-refractivity contribution in [3.63, 3.8) is 0 Å². The number of hydrogen-bond acceptors (Lipinski definition) is 6. The minimum Gasteiger partial charge on any atom is -0.479 e. The van der Waals surface area contributed by atoms with Gasteiger partial charge in [-0.25, -0.2) is 4.79 Å². The van der Waals surface area contributed by atoms with Crippen molar-refractivity contribution in [2.24, 2.45) is 28.6 Å². The number of fused-ring (bicyclic) bond motifs is 5. The van der Waals surface area contributed by atoms with Gasteiger partial charge in [0.25, 0.3) is 0 Å². The van der Waals surface area contributed by atoms with Gasteiger partial charge in [0.1, 0.15) is 5.60 Å². The molecule has 7 nitrogen and oxygen atoms in total. The maximum Gasteiger partial charge on any atom is 0.340 e. The van der Waals surface area contributed by atoms with Crippen LogP contribution >= 0.6 is 0 Å². The molecule has 4 aliphatic carbocycles. The van der Waals surface area contributed by atoms with Gasteiger partial charge >= 0.3 is 5.97 Å². The summed E-state index contributed by atoms with van der Waals surface area (Å²) >= 11 is 0. The summed E-state index contributed by atoms with van der Waals surface area (Å²) in [7, 11) is 0. The van der Waals surface area contributed by atoms with Gasteiger partial charge in [0, 0.05) is 16.7 Å². The molecule has 0 aromatic carbocycles. The zero-order valence-corrected chi connectivity index (χ0v) is 16.7. The van der Waals surface area contributed by atoms with E-state index in [0.717, 1.165) is 12.0 Å². The molecule has 7 heteroatoms. The van der Waals surface area contributed by atoms with Crippen LogP contribution < -0.4 is 0 Å². The summed E-state index contributed by atoms with van der Waals surface area (Å²) in [6.07, 6.45) is 4.15. The number of Topliss-reactive ketones (excluding diaryl/α,β-unsaturated/α-hetero) is 1. The first-order valence-corrected chi connectivity index (χ1v) is 10.3. The maximum atomic E-state index is 12.7. The van der Waals surface area contributed by atoms with Crippen LogP contribution in [-0.4, -0.2) is 55.8 Å². The van der Waals surface area contributed by atoms with Crippen molar-refractivity contribution in [2.45, 2.75) is 63.8 Å². The van der Waals surface area contributed by atoms with Crippen molar-refractivity contribution in [1.29, 1.82) is 0 Å². The average Bonchev–Trinajstić information content (AvgIpc) is 2.92. The minimum absolute atomic E-state index is 0.0209. The van der Waals surface area contributed by atoms with Gasteiger partial charge in [0.15, 0.2) is 5.78 Å². The third-order valence-electron chi connectivity index (χ3n) is 8.54. The van der Waals surface area contributed by atoms with Gasteiger partial charge in [-0.2, -0.15) is 0 Å². The van der Waals surface area contributed by atoms with Crippen LogP contribution in [0.5, 0.6) is 0 Å². The van der Waals surface area contributed by atoms with E-state index < -0.39 is 40.4 Å². The van der Waals surface area contributed by atoms with E-state index in [4.69, 9.17) is 5.11 Å². The van der Waals surface area contributed by atoms with E-state index in [2.05, 4.69) is 0 Å². The van der Waals surface area contributed by atoms with Crippen molar-refractivity contribution < 1.29 is 34.8 Å². The topological polar surface area (TPSA) is 132 Å². The molecule has 0 heterocycles. The van der Waals surface area contributed by atoms with Crippen molar-refractivity contribution in [1.82, 2.24) is 0 Å². The summed E-state index contributed by atoms with van der Waals surface area (Å²) in [5.41, 5.74) is -2.45. The molecule has 0 aromatic rings. The van der Waals surface area contributed by atoms with Crippen LogP contribution in [0.2, 0.25) is 0 Å². The molecule has 0 aromatic heterocycles. The lowest BCUT2D eigenvalue weighted by molar-refractivity contribution is -0.185. The second-order valence-corrected chi connectivity index (χ2v) is 9.72. The number of carboxylic acid groups (broad SMARTS) is 1. The number of carboxylic acids is 1. The van der Waals surface area contributed by atoms with E-state index in [-0.39, 0.29) is 36.4 Å². The normalized spacial score (nSPS) is 46.9. The molecule has 8 atom stereocenters. The molecule has 4 aliphatic rings. The van der Waals surface area contributed by atoms with Gasteiger partial charge < -0.3 is 20.4 Å². The first-order chi connectivity index (χ1) is 13.5. The highest BCUT2D eigenvalue weighted by molar-refractivity contribution is 6.06. The molecule has 29 heavy (non-hydrogen) atoms. The SMILES string of the molecule is CC12C=CC(=O)C=C1CCC1C2C(O)CC2(C)C1CCC2(O)C(=O)C(O)C(=O)O. The Labute approximate surface area is 169 Å². The number of aliphatic hydroxyl groups is 3. The molecule has 0 spiro atoms. The maximum absolute atomic E-state index is 12.7. The second kappa shape index (κ2) is 6.33. The molecule has 4 rings (SSSR count). The van der Waals surface area contributed by atoms with Crippen LogP contribution in [0, 0.1) is 28.6 Å². The fraction of sp³-hybridized carbons (Fsp3) is 0.682. The Morgan fingerprint density at radius 3 is 2.59 bits per heavy atom. The molecule has 158 valence electrons. The molecule has 0 bridgehead atoms. The largest absolute Gasteiger partial charge is 0.479 e. The number of aliphatic hydroxyl groups excluding tert-OH is 2. The van der Waals surface area contributed by atoms with Crippen LogP contribution in [0.15, 0.2) is 23.8 Å². The third kappa shape index (κ3) is 2.57. The smallest absolute Gasteiger partial charge is 0.340 e. The molecule has 0 saturated heterocycles. The Morgan fingerprint density at radius 1 is 1.24 bits per heavy atom. The summed E-state index contributed by atoms with van der Waals surface area (Å²) in [6.45, 7) is 3.77. The summed E-state index contributed by atoms with van der Waals surface area (Å²) in [5.74, 6) is -3.03. The number of allylic oxidation sites excluding steroid dienone is 4. The molecule has 0 radical (unpaired) electrons. The number of rotatable bonds is 3. The van der Waals surface area contributed by atoms with Crippen molar-refractivity contribution in [3.8, 4) is 0 Å². The van der Waals surface area contributed by atoms with Gasteiger partial charge in [0.05, 0.1) is 6.10 Å². The van der Waals surface area contributed by atoms with E-state index >= 15 is 0 Å². The van der Waals surface area contributed by atoms with Gasteiger partial charge in [-0.15, -0.1) is 0 Å². The number of carbonyl (C=O) groups excluding carboxylic acids is 2. The zero-order valence-electron chi connectivity index (χ0n) is 16.7. The third-order valence-corrected chi connectivity index (χ3v) is 8.54. The summed E-state index contributed by atoms with van der Waals surface area (Å²) < 4.78 is 0. The van der Waals surface area contributed by atoms with E-state index in [0.29, 0.717) is 12.8 Å². The van der Waals surface area contributed by atoms with Gasteiger partial charge in [-0.05, 0) is 56.1 Å². The number of aliphatic carboxylic acids is 1. The number of ketones is 2. The van der Waals surface area contributed by atoms with Crippen LogP contribution in [0.1, 0.15) is 46.0 Å². The molecule has 3 fully saturated rings. The molecular formula is C22H28O7. The van der Waals surface area contributed by atoms with Gasteiger partial charge in [-0.1, -0.05) is 25.5 Å². The fourth-order valence-corrected chi connectivity index (χ4v) is 7.07. The molecule has 0 amide bonds. The summed E-state index contributed by atoms with van der Waals surface area (Å²) in [6, 6.07) is 0. The Bertz CT molecular complexity index is 844. The number of hydrogen-bond donors (Lipinski definition) is 4.